The van der Waals surface area contributed by atoms with Crippen LogP contribution in [0, 0.1) is 0 Å². The Bertz CT molecular complexity index is 149. The summed E-state index contributed by atoms with van der Waals surface area (Å²) in [5, 5.41) is 3.40. The third kappa shape index (κ3) is 6.05. The zero-order valence-corrected chi connectivity index (χ0v) is 8.06. The van der Waals surface area contributed by atoms with Gasteiger partial charge in [0.2, 0.25) is 0 Å². The Morgan fingerprint density at radius 3 is 3.00 bits per heavy atom. The molecule has 6 heteroatoms. The topological polar surface area (TPSA) is 41.9 Å². The van der Waals surface area contributed by atoms with Crippen LogP contribution in [0.1, 0.15) is 0 Å². The summed E-state index contributed by atoms with van der Waals surface area (Å²) in [6.45, 7) is 0. The van der Waals surface area contributed by atoms with Crippen LogP contribution in [-0.2, 0) is 4.84 Å². The molecule has 0 heterocycles. The number of carbonyl (C=O) groups excluding carboxylic acids is 1. The molecule has 0 aliphatic rings. The smallest absolute Gasteiger partial charge is 0.298 e. The van der Waals surface area contributed by atoms with Crippen molar-refractivity contribution in [3.05, 3.63) is 0 Å². The van der Waals surface area contributed by atoms with Crippen molar-refractivity contribution in [2.45, 2.75) is 0 Å². The molecular weight excluding hydrogens is 184 g/mol. The largest absolute Gasteiger partial charge is 0.445 e. The lowest BCUT2D eigenvalue weighted by atomic mass is 10.9. The molecule has 0 aromatic rings. The number of nitrogens with zero attached hydrogens (tertiary/aromatic N) is 2. The first-order valence-electron chi connectivity index (χ1n) is 2.83. The zero-order valence-electron chi connectivity index (χ0n) is 6.35. The maximum Gasteiger partial charge on any atom is 0.445 e. The Morgan fingerprint density at radius 1 is 1.91 bits per heavy atom. The van der Waals surface area contributed by atoms with E-state index in [9.17, 15) is 4.79 Å². The third-order valence-electron chi connectivity index (χ3n) is 0.711. The van der Waals surface area contributed by atoms with Gasteiger partial charge in [-0.1, -0.05) is 18.0 Å². The lowest BCUT2D eigenvalue weighted by Crippen LogP contribution is -2.15. The van der Waals surface area contributed by atoms with E-state index < -0.39 is 6.09 Å². The molecule has 0 N–H and O–H groups in total. The summed E-state index contributed by atoms with van der Waals surface area (Å²) >= 11 is 5.29. The second kappa shape index (κ2) is 6.36. The molecule has 1 amide bonds. The molecule has 0 aliphatic carbocycles. The molecule has 0 saturated carbocycles. The predicted molar refractivity (Wildman–Crippen MR) is 50.1 cm³/mol. The maximum absolute atomic E-state index is 10.6. The van der Waals surface area contributed by atoms with Gasteiger partial charge in [-0.2, -0.15) is 11.8 Å². The van der Waals surface area contributed by atoms with Crippen LogP contribution in [-0.4, -0.2) is 35.7 Å². The van der Waals surface area contributed by atoms with Crippen molar-refractivity contribution in [2.24, 2.45) is 5.16 Å². The summed E-state index contributed by atoms with van der Waals surface area (Å²) in [7, 11) is 1.47. The Hall–Kier alpha value is -0.360. The van der Waals surface area contributed by atoms with Gasteiger partial charge in [0.25, 0.3) is 0 Å². The molecule has 0 bridgehead atoms. The number of hydrogen-bond acceptors (Lipinski definition) is 5. The number of carbonyl (C=O) groups is 1. The van der Waals surface area contributed by atoms with Gasteiger partial charge >= 0.3 is 6.09 Å². The first-order chi connectivity index (χ1) is 5.18. The number of thioether (sulfide) groups is 1. The summed E-state index contributed by atoms with van der Waals surface area (Å²) in [6, 6.07) is 0. The van der Waals surface area contributed by atoms with Gasteiger partial charge < -0.3 is 0 Å². The highest BCUT2D eigenvalue weighted by Gasteiger charge is 2.02. The molecule has 0 saturated heterocycles. The van der Waals surface area contributed by atoms with E-state index in [1.807, 2.05) is 6.26 Å². The molecule has 4 nitrogen and oxygen atoms in total. The molecule has 0 rings (SSSR count). The number of oxime groups is 1. The zero-order chi connectivity index (χ0) is 8.69. The number of hydrogen-bond donors (Lipinski definition) is 1. The van der Waals surface area contributed by atoms with E-state index in [0.717, 1.165) is 10.1 Å². The lowest BCUT2D eigenvalue weighted by molar-refractivity contribution is 0.138. The van der Waals surface area contributed by atoms with Crippen molar-refractivity contribution in [2.75, 3.05) is 19.1 Å². The van der Waals surface area contributed by atoms with Crippen LogP contribution in [0.15, 0.2) is 5.16 Å². The first-order valence-corrected chi connectivity index (χ1v) is 4.62. The summed E-state index contributed by atoms with van der Waals surface area (Å²) in [5.74, 6) is 0.726. The molecule has 0 unspecified atom stereocenters. The van der Waals surface area contributed by atoms with Crippen LogP contribution in [0.5, 0.6) is 0 Å². The van der Waals surface area contributed by atoms with Crippen LogP contribution in [0.3, 0.4) is 0 Å². The van der Waals surface area contributed by atoms with E-state index in [4.69, 9.17) is 0 Å². The lowest BCUT2D eigenvalue weighted by Gasteiger charge is -2.03. The minimum atomic E-state index is -0.592. The van der Waals surface area contributed by atoms with Crippen molar-refractivity contribution in [1.82, 2.24) is 4.31 Å². The van der Waals surface area contributed by atoms with Gasteiger partial charge in [0.1, 0.15) is 0 Å². The maximum atomic E-state index is 10.6. The molecule has 0 aromatic heterocycles. The molecule has 0 spiro atoms. The van der Waals surface area contributed by atoms with Crippen LogP contribution >= 0.6 is 24.6 Å². The molecule has 0 aliphatic heterocycles. The fourth-order valence-electron chi connectivity index (χ4n) is 0.246. The third-order valence-corrected chi connectivity index (χ3v) is 1.36. The summed E-state index contributed by atoms with van der Waals surface area (Å²) in [6.07, 6.45) is 2.85. The van der Waals surface area contributed by atoms with Crippen LogP contribution in [0.4, 0.5) is 4.79 Å². The molecule has 0 atom stereocenters. The minimum absolute atomic E-state index is 0.592. The van der Waals surface area contributed by atoms with Gasteiger partial charge in [-0.3, -0.25) is 9.14 Å². The van der Waals surface area contributed by atoms with Gasteiger partial charge in [0.05, 0.1) is 6.21 Å². The second-order valence-corrected chi connectivity index (χ2v) is 3.13. The molecule has 0 radical (unpaired) electrons. The van der Waals surface area contributed by atoms with Gasteiger partial charge in [-0.05, 0) is 6.26 Å². The Balaban J connectivity index is 3.45. The van der Waals surface area contributed by atoms with Crippen molar-refractivity contribution in [3.8, 4) is 0 Å². The SMILES string of the molecule is CSCC=NOC(=O)N(C)S. The molecule has 11 heavy (non-hydrogen) atoms. The fraction of sp³-hybridized carbons (Fsp3) is 0.600. The second-order valence-electron chi connectivity index (χ2n) is 1.62. The summed E-state index contributed by atoms with van der Waals surface area (Å²) in [4.78, 5) is 15.0. The van der Waals surface area contributed by atoms with Gasteiger partial charge in [0, 0.05) is 12.8 Å². The molecule has 0 fully saturated rings. The number of amides is 1. The van der Waals surface area contributed by atoms with Crippen LogP contribution in [0.2, 0.25) is 0 Å². The average Bonchev–Trinajstić information content (AvgIpc) is 1.97. The fourth-order valence-corrected chi connectivity index (χ4v) is 0.493. The summed E-state index contributed by atoms with van der Waals surface area (Å²) in [5.41, 5.74) is 0. The highest BCUT2D eigenvalue weighted by molar-refractivity contribution is 7.99. The quantitative estimate of drug-likeness (QED) is 0.318. The van der Waals surface area contributed by atoms with E-state index >= 15 is 0 Å². The van der Waals surface area contributed by atoms with Crippen LogP contribution < -0.4 is 0 Å². The predicted octanol–water partition coefficient (Wildman–Crippen LogP) is 1.25. The van der Waals surface area contributed by atoms with Crippen LogP contribution in [0.25, 0.3) is 0 Å². The molecule has 64 valence electrons. The monoisotopic (exact) mass is 194 g/mol. The van der Waals surface area contributed by atoms with Gasteiger partial charge in [-0.25, -0.2) is 4.79 Å². The van der Waals surface area contributed by atoms with Crippen molar-refractivity contribution >= 4 is 36.9 Å². The highest BCUT2D eigenvalue weighted by Crippen LogP contribution is 1.93. The Morgan fingerprint density at radius 2 is 2.55 bits per heavy atom. The van der Waals surface area contributed by atoms with Crippen molar-refractivity contribution < 1.29 is 9.63 Å². The van der Waals surface area contributed by atoms with E-state index in [0.29, 0.717) is 0 Å². The Kier molecular flexibility index (Phi) is 6.15. The van der Waals surface area contributed by atoms with Crippen molar-refractivity contribution in [3.63, 3.8) is 0 Å². The molecular formula is C5H10N2O2S2. The number of thiol groups is 1. The number of rotatable bonds is 3. The highest BCUT2D eigenvalue weighted by atomic mass is 32.2. The minimum Gasteiger partial charge on any atom is -0.298 e. The normalized spacial score (nSPS) is 10.1. The first kappa shape index (κ1) is 10.6. The van der Waals surface area contributed by atoms with E-state index in [1.54, 1.807) is 11.8 Å². The standard InChI is InChI=1S/C5H10N2O2S2/c1-7(10)5(8)9-6-3-4-11-2/h3,10H,4H2,1-2H3. The van der Waals surface area contributed by atoms with E-state index in [1.165, 1.54) is 13.3 Å². The van der Waals surface area contributed by atoms with Gasteiger partial charge in [-0.15, -0.1) is 0 Å². The van der Waals surface area contributed by atoms with E-state index in [-0.39, 0.29) is 0 Å². The Labute approximate surface area is 75.5 Å². The summed E-state index contributed by atoms with van der Waals surface area (Å²) < 4.78 is 1.01. The average molecular weight is 194 g/mol. The molecule has 0 aromatic carbocycles. The van der Waals surface area contributed by atoms with E-state index in [2.05, 4.69) is 22.8 Å². The van der Waals surface area contributed by atoms with Crippen molar-refractivity contribution in [1.29, 1.82) is 0 Å². The van der Waals surface area contributed by atoms with Gasteiger partial charge in [0.15, 0.2) is 0 Å².